The maximum Gasteiger partial charge on any atom is 0.252 e. The number of nitrogens with zero attached hydrogens (tertiary/aromatic N) is 1. The van der Waals surface area contributed by atoms with Crippen molar-refractivity contribution in [1.82, 2.24) is 4.31 Å². The molecule has 20 heavy (non-hydrogen) atoms. The molecule has 0 atom stereocenters. The van der Waals surface area contributed by atoms with Crippen molar-refractivity contribution in [3.8, 4) is 0 Å². The number of rotatable bonds is 4. The Morgan fingerprint density at radius 2 is 2.00 bits per heavy atom. The summed E-state index contributed by atoms with van der Waals surface area (Å²) in [5.41, 5.74) is 2.06. The van der Waals surface area contributed by atoms with Crippen LogP contribution in [0.5, 0.6) is 0 Å². The molecular weight excluding hydrogens is 382 g/mol. The molecule has 0 spiro atoms. The van der Waals surface area contributed by atoms with Crippen molar-refractivity contribution >= 4 is 48.9 Å². The summed E-state index contributed by atoms with van der Waals surface area (Å²) in [7, 11) is -1.95. The second-order valence-electron chi connectivity index (χ2n) is 4.37. The SMILES string of the molecule is Cc1ccccc1CN(C)S(=O)(=O)c1cc(Cl)c(Br)s1. The summed E-state index contributed by atoms with van der Waals surface area (Å²) >= 11 is 10.3. The van der Waals surface area contributed by atoms with Crippen molar-refractivity contribution in [2.75, 3.05) is 7.05 Å². The van der Waals surface area contributed by atoms with Gasteiger partial charge in [-0.15, -0.1) is 11.3 Å². The van der Waals surface area contributed by atoms with E-state index in [2.05, 4.69) is 15.9 Å². The molecule has 2 rings (SSSR count). The molecule has 0 amide bonds. The van der Waals surface area contributed by atoms with Crippen LogP contribution >= 0.6 is 38.9 Å². The van der Waals surface area contributed by atoms with Gasteiger partial charge >= 0.3 is 0 Å². The number of sulfonamides is 1. The fraction of sp³-hybridized carbons (Fsp3) is 0.231. The second-order valence-corrected chi connectivity index (χ2v) is 9.42. The Bertz CT molecular complexity index is 708. The van der Waals surface area contributed by atoms with Gasteiger partial charge in [-0.2, -0.15) is 4.31 Å². The summed E-state index contributed by atoms with van der Waals surface area (Å²) in [4.78, 5) is 0. The fourth-order valence-corrected chi connectivity index (χ4v) is 5.48. The summed E-state index contributed by atoms with van der Waals surface area (Å²) in [6.45, 7) is 2.30. The van der Waals surface area contributed by atoms with Gasteiger partial charge in [0, 0.05) is 13.6 Å². The zero-order chi connectivity index (χ0) is 14.9. The van der Waals surface area contributed by atoms with Crippen LogP contribution in [0.1, 0.15) is 11.1 Å². The third-order valence-electron chi connectivity index (χ3n) is 2.94. The maximum absolute atomic E-state index is 12.5. The van der Waals surface area contributed by atoms with Gasteiger partial charge in [0.1, 0.15) is 4.21 Å². The molecule has 0 bridgehead atoms. The summed E-state index contributed by atoms with van der Waals surface area (Å²) in [5.74, 6) is 0. The quantitative estimate of drug-likeness (QED) is 0.775. The van der Waals surface area contributed by atoms with Gasteiger partial charge in [-0.3, -0.25) is 0 Å². The largest absolute Gasteiger partial charge is 0.252 e. The van der Waals surface area contributed by atoms with E-state index < -0.39 is 10.0 Å². The average molecular weight is 395 g/mol. The molecule has 108 valence electrons. The summed E-state index contributed by atoms with van der Waals surface area (Å²) < 4.78 is 27.1. The average Bonchev–Trinajstić information content (AvgIpc) is 2.73. The number of benzene rings is 1. The highest BCUT2D eigenvalue weighted by Gasteiger charge is 2.24. The number of hydrogen-bond acceptors (Lipinski definition) is 3. The van der Waals surface area contributed by atoms with Gasteiger partial charge in [-0.25, -0.2) is 8.42 Å². The predicted molar refractivity (Wildman–Crippen MR) is 86.9 cm³/mol. The molecule has 0 radical (unpaired) electrons. The van der Waals surface area contributed by atoms with Crippen LogP contribution in [0.3, 0.4) is 0 Å². The number of thiophene rings is 1. The molecule has 1 heterocycles. The van der Waals surface area contributed by atoms with Crippen LogP contribution in [0.4, 0.5) is 0 Å². The lowest BCUT2D eigenvalue weighted by Gasteiger charge is -2.17. The van der Waals surface area contributed by atoms with E-state index in [9.17, 15) is 8.42 Å². The molecular formula is C13H13BrClNO2S2. The van der Waals surface area contributed by atoms with Gasteiger partial charge in [0.05, 0.1) is 8.81 Å². The lowest BCUT2D eigenvalue weighted by molar-refractivity contribution is 0.467. The third kappa shape index (κ3) is 3.26. The molecule has 1 aromatic carbocycles. The van der Waals surface area contributed by atoms with E-state index in [-0.39, 0.29) is 4.21 Å². The first-order valence-corrected chi connectivity index (χ1v) is 9.21. The van der Waals surface area contributed by atoms with Crippen LogP contribution in [0, 0.1) is 6.92 Å². The minimum absolute atomic E-state index is 0.241. The third-order valence-corrected chi connectivity index (χ3v) is 7.67. The molecule has 7 heteroatoms. The molecule has 0 N–H and O–H groups in total. The van der Waals surface area contributed by atoms with E-state index in [0.717, 1.165) is 22.5 Å². The smallest absolute Gasteiger partial charge is 0.206 e. The van der Waals surface area contributed by atoms with Gasteiger partial charge in [-0.05, 0) is 40.0 Å². The van der Waals surface area contributed by atoms with E-state index in [4.69, 9.17) is 11.6 Å². The van der Waals surface area contributed by atoms with Crippen molar-refractivity contribution in [2.45, 2.75) is 17.7 Å². The van der Waals surface area contributed by atoms with E-state index in [0.29, 0.717) is 15.4 Å². The van der Waals surface area contributed by atoms with Crippen LogP contribution in [0.25, 0.3) is 0 Å². The highest BCUT2D eigenvalue weighted by atomic mass is 79.9. The molecule has 0 saturated carbocycles. The highest BCUT2D eigenvalue weighted by molar-refractivity contribution is 9.11. The summed E-state index contributed by atoms with van der Waals surface area (Å²) in [6, 6.07) is 9.21. The zero-order valence-electron chi connectivity index (χ0n) is 10.9. The minimum Gasteiger partial charge on any atom is -0.206 e. The first-order valence-electron chi connectivity index (χ1n) is 5.78. The highest BCUT2D eigenvalue weighted by Crippen LogP contribution is 2.35. The molecule has 0 aliphatic rings. The summed E-state index contributed by atoms with van der Waals surface area (Å²) in [5, 5.41) is 0.415. The Labute approximate surface area is 136 Å². The van der Waals surface area contributed by atoms with Gasteiger partial charge < -0.3 is 0 Å². The van der Waals surface area contributed by atoms with Crippen LogP contribution in [0.2, 0.25) is 5.02 Å². The van der Waals surface area contributed by atoms with Crippen molar-refractivity contribution in [2.24, 2.45) is 0 Å². The van der Waals surface area contributed by atoms with E-state index in [1.54, 1.807) is 7.05 Å². The molecule has 0 unspecified atom stereocenters. The lowest BCUT2D eigenvalue weighted by atomic mass is 10.1. The van der Waals surface area contributed by atoms with Crippen LogP contribution in [0.15, 0.2) is 38.3 Å². The minimum atomic E-state index is -3.52. The molecule has 0 fully saturated rings. The Hall–Kier alpha value is -0.400. The van der Waals surface area contributed by atoms with Crippen molar-refractivity contribution in [1.29, 1.82) is 0 Å². The van der Waals surface area contributed by atoms with Gasteiger partial charge in [0.25, 0.3) is 10.0 Å². The first kappa shape index (κ1) is 16.0. The van der Waals surface area contributed by atoms with E-state index in [1.807, 2.05) is 31.2 Å². The van der Waals surface area contributed by atoms with Gasteiger partial charge in [-0.1, -0.05) is 35.9 Å². The second kappa shape index (κ2) is 6.15. The number of halogens is 2. The number of hydrogen-bond donors (Lipinski definition) is 0. The van der Waals surface area contributed by atoms with Crippen LogP contribution in [-0.2, 0) is 16.6 Å². The van der Waals surface area contributed by atoms with Gasteiger partial charge in [0.15, 0.2) is 0 Å². The molecule has 0 aliphatic heterocycles. The number of aryl methyl sites for hydroxylation is 1. The lowest BCUT2D eigenvalue weighted by Crippen LogP contribution is -2.26. The van der Waals surface area contributed by atoms with Crippen LogP contribution in [-0.4, -0.2) is 19.8 Å². The van der Waals surface area contributed by atoms with Crippen molar-refractivity contribution in [3.05, 3.63) is 50.3 Å². The Kier molecular flexibility index (Phi) is 4.92. The predicted octanol–water partition coefficient (Wildman–Crippen LogP) is 4.29. The van der Waals surface area contributed by atoms with Crippen LogP contribution < -0.4 is 0 Å². The first-order chi connectivity index (χ1) is 9.32. The molecule has 0 aliphatic carbocycles. The van der Waals surface area contributed by atoms with Crippen molar-refractivity contribution < 1.29 is 8.42 Å². The standard InChI is InChI=1S/C13H13BrClNO2S2/c1-9-5-3-4-6-10(9)8-16(2)20(17,18)12-7-11(15)13(14)19-12/h3-7H,8H2,1-2H3. The Morgan fingerprint density at radius 1 is 1.35 bits per heavy atom. The molecule has 1 aromatic heterocycles. The maximum atomic E-state index is 12.5. The van der Waals surface area contributed by atoms with Gasteiger partial charge in [0.2, 0.25) is 0 Å². The van der Waals surface area contributed by atoms with E-state index >= 15 is 0 Å². The molecule has 2 aromatic rings. The Balaban J connectivity index is 2.28. The molecule has 3 nitrogen and oxygen atoms in total. The Morgan fingerprint density at radius 3 is 2.55 bits per heavy atom. The monoisotopic (exact) mass is 393 g/mol. The van der Waals surface area contributed by atoms with Crippen molar-refractivity contribution in [3.63, 3.8) is 0 Å². The zero-order valence-corrected chi connectivity index (χ0v) is 14.9. The topological polar surface area (TPSA) is 37.4 Å². The van der Waals surface area contributed by atoms with E-state index in [1.165, 1.54) is 10.4 Å². The fourth-order valence-electron chi connectivity index (χ4n) is 1.72. The normalized spacial score (nSPS) is 12.1. The summed E-state index contributed by atoms with van der Waals surface area (Å²) in [6.07, 6.45) is 0. The molecule has 0 saturated heterocycles.